The van der Waals surface area contributed by atoms with Crippen LogP contribution in [0.5, 0.6) is 0 Å². The number of hydrogen-bond acceptors (Lipinski definition) is 8. The number of amides is 3. The molecule has 1 aromatic carbocycles. The summed E-state index contributed by atoms with van der Waals surface area (Å²) in [4.78, 5) is 42.0. The highest BCUT2D eigenvalue weighted by molar-refractivity contribution is 7.89. The fourth-order valence-electron chi connectivity index (χ4n) is 4.71. The first-order chi connectivity index (χ1) is 18.6. The van der Waals surface area contributed by atoms with Crippen molar-refractivity contribution in [3.8, 4) is 0 Å². The van der Waals surface area contributed by atoms with Gasteiger partial charge in [-0.05, 0) is 43.2 Å². The first-order valence-corrected chi connectivity index (χ1v) is 14.9. The molecule has 2 aliphatic heterocycles. The van der Waals surface area contributed by atoms with E-state index in [2.05, 4.69) is 20.2 Å². The van der Waals surface area contributed by atoms with E-state index in [1.54, 1.807) is 42.4 Å². The van der Waals surface area contributed by atoms with Gasteiger partial charge < -0.3 is 19.7 Å². The highest BCUT2D eigenvalue weighted by Crippen LogP contribution is 2.29. The van der Waals surface area contributed by atoms with Gasteiger partial charge in [-0.3, -0.25) is 14.4 Å². The van der Waals surface area contributed by atoms with Crippen LogP contribution in [0.25, 0.3) is 0 Å². The second-order valence-corrected chi connectivity index (χ2v) is 12.6. The third-order valence-electron chi connectivity index (χ3n) is 6.72. The maximum absolute atomic E-state index is 13.6. The molecule has 5 rings (SSSR count). The summed E-state index contributed by atoms with van der Waals surface area (Å²) in [6.45, 7) is 2.78. The minimum atomic E-state index is -4.24. The first kappa shape index (κ1) is 27.2. The molecule has 4 heterocycles. The average molecular weight is 592 g/mol. The maximum Gasteiger partial charge on any atom is 0.261 e. The Labute approximate surface area is 234 Å². The van der Waals surface area contributed by atoms with Gasteiger partial charge in [-0.15, -0.1) is 21.5 Å². The van der Waals surface area contributed by atoms with Gasteiger partial charge in [0.15, 0.2) is 5.82 Å². The van der Waals surface area contributed by atoms with E-state index < -0.39 is 27.9 Å². The Morgan fingerprint density at radius 3 is 2.72 bits per heavy atom. The lowest BCUT2D eigenvalue weighted by Crippen LogP contribution is -2.54. The fraction of sp³-hybridized carbons (Fsp3) is 0.375. The SMILES string of the molecule is Cc1c(N2CCCC2=O)cccc1S(=O)(=O)N[C@@H](CNC(=O)c1ccc(Cl)s1)C(=O)N1CCn2cnnc2C1. The van der Waals surface area contributed by atoms with E-state index in [9.17, 15) is 22.8 Å². The lowest BCUT2D eigenvalue weighted by molar-refractivity contribution is -0.134. The van der Waals surface area contributed by atoms with Gasteiger partial charge in [0.1, 0.15) is 12.4 Å². The fourth-order valence-corrected chi connectivity index (χ4v) is 7.12. The Hall–Kier alpha value is -3.33. The van der Waals surface area contributed by atoms with Crippen LogP contribution >= 0.6 is 22.9 Å². The van der Waals surface area contributed by atoms with Crippen molar-refractivity contribution in [2.75, 3.05) is 24.5 Å². The van der Waals surface area contributed by atoms with E-state index in [0.29, 0.717) is 58.8 Å². The third kappa shape index (κ3) is 5.69. The molecule has 0 unspecified atom stereocenters. The van der Waals surface area contributed by atoms with Gasteiger partial charge in [0.25, 0.3) is 5.91 Å². The lowest BCUT2D eigenvalue weighted by atomic mass is 10.2. The van der Waals surface area contributed by atoms with Crippen LogP contribution in [0.15, 0.2) is 41.6 Å². The number of rotatable bonds is 8. The average Bonchev–Trinajstić information content (AvgIpc) is 3.66. The molecule has 12 nitrogen and oxygen atoms in total. The van der Waals surface area contributed by atoms with Crippen molar-refractivity contribution < 1.29 is 22.8 Å². The number of nitrogens with zero attached hydrogens (tertiary/aromatic N) is 5. The Balaban J connectivity index is 1.40. The first-order valence-electron chi connectivity index (χ1n) is 12.3. The van der Waals surface area contributed by atoms with Crippen molar-refractivity contribution in [2.24, 2.45) is 0 Å². The summed E-state index contributed by atoms with van der Waals surface area (Å²) in [5.41, 5.74) is 0.913. The van der Waals surface area contributed by atoms with Gasteiger partial charge in [-0.2, -0.15) is 4.72 Å². The summed E-state index contributed by atoms with van der Waals surface area (Å²) in [6.07, 6.45) is 2.68. The number of fused-ring (bicyclic) bond motifs is 1. The zero-order chi connectivity index (χ0) is 27.7. The molecule has 1 atom stereocenters. The van der Waals surface area contributed by atoms with Crippen LogP contribution in [0.4, 0.5) is 5.69 Å². The van der Waals surface area contributed by atoms with Gasteiger partial charge in [-0.1, -0.05) is 17.7 Å². The topological polar surface area (TPSA) is 147 Å². The number of thiophene rings is 1. The third-order valence-corrected chi connectivity index (χ3v) is 9.57. The van der Waals surface area contributed by atoms with Crippen molar-refractivity contribution in [1.29, 1.82) is 0 Å². The molecular weight excluding hydrogens is 566 g/mol. The monoisotopic (exact) mass is 591 g/mol. The highest BCUT2D eigenvalue weighted by atomic mass is 35.5. The van der Waals surface area contributed by atoms with Crippen LogP contribution in [-0.4, -0.2) is 71.5 Å². The Morgan fingerprint density at radius 1 is 1.18 bits per heavy atom. The van der Waals surface area contributed by atoms with Crippen molar-refractivity contribution in [1.82, 2.24) is 29.7 Å². The summed E-state index contributed by atoms with van der Waals surface area (Å²) in [6, 6.07) is 6.53. The Kier molecular flexibility index (Phi) is 7.71. The molecule has 3 amide bonds. The molecule has 0 saturated carbocycles. The number of halogens is 1. The molecule has 0 radical (unpaired) electrons. The molecule has 0 aliphatic carbocycles. The smallest absolute Gasteiger partial charge is 0.261 e. The zero-order valence-corrected chi connectivity index (χ0v) is 23.4. The Morgan fingerprint density at radius 2 is 2.00 bits per heavy atom. The van der Waals surface area contributed by atoms with E-state index in [4.69, 9.17) is 11.6 Å². The molecule has 0 bridgehead atoms. The quantitative estimate of drug-likeness (QED) is 0.404. The van der Waals surface area contributed by atoms with Crippen LogP contribution in [0, 0.1) is 6.92 Å². The largest absolute Gasteiger partial charge is 0.349 e. The normalized spacial score (nSPS) is 16.3. The standard InChI is InChI=1S/C24H26ClN7O5S2/c1-15-17(32-9-3-6-22(32)33)4-2-5-19(15)39(36,37)29-16(12-26-23(34)18-7-8-20(25)38-18)24(35)30-10-11-31-14-27-28-21(31)13-30/h2,4-5,7-8,14,16,29H,3,6,9-13H2,1H3,(H,26,34)/t16-/m0/s1. The second-order valence-electron chi connectivity index (χ2n) is 9.24. The molecule has 39 heavy (non-hydrogen) atoms. The van der Waals surface area contributed by atoms with Crippen LogP contribution in [0.3, 0.4) is 0 Å². The Bertz CT molecular complexity index is 1540. The second kappa shape index (κ2) is 11.0. The van der Waals surface area contributed by atoms with Crippen molar-refractivity contribution in [3.63, 3.8) is 0 Å². The number of aromatic nitrogens is 3. The molecule has 3 aromatic rings. The van der Waals surface area contributed by atoms with Crippen LogP contribution in [0.1, 0.15) is 33.9 Å². The van der Waals surface area contributed by atoms with Crippen LogP contribution in [0.2, 0.25) is 4.34 Å². The molecule has 1 saturated heterocycles. The molecule has 0 spiro atoms. The minimum Gasteiger partial charge on any atom is -0.349 e. The summed E-state index contributed by atoms with van der Waals surface area (Å²) < 4.78 is 32.0. The number of anilines is 1. The summed E-state index contributed by atoms with van der Waals surface area (Å²) in [5.74, 6) is -0.482. The molecule has 206 valence electrons. The van der Waals surface area contributed by atoms with Gasteiger partial charge in [0.2, 0.25) is 21.8 Å². The molecule has 2 aliphatic rings. The van der Waals surface area contributed by atoms with Gasteiger partial charge in [0.05, 0.1) is 20.7 Å². The van der Waals surface area contributed by atoms with Crippen molar-refractivity contribution >= 4 is 56.4 Å². The predicted octanol–water partition coefficient (Wildman–Crippen LogP) is 1.55. The van der Waals surface area contributed by atoms with Gasteiger partial charge in [0, 0.05) is 38.3 Å². The van der Waals surface area contributed by atoms with Gasteiger partial charge >= 0.3 is 0 Å². The number of carbonyl (C=O) groups is 3. The lowest BCUT2D eigenvalue weighted by Gasteiger charge is -2.31. The van der Waals surface area contributed by atoms with E-state index in [0.717, 1.165) is 11.3 Å². The molecule has 15 heteroatoms. The van der Waals surface area contributed by atoms with E-state index in [1.807, 2.05) is 4.57 Å². The van der Waals surface area contributed by atoms with Crippen molar-refractivity contribution in [2.45, 2.75) is 43.8 Å². The number of nitrogens with one attached hydrogen (secondary N) is 2. The van der Waals surface area contributed by atoms with Gasteiger partial charge in [-0.25, -0.2) is 8.42 Å². The predicted molar refractivity (Wildman–Crippen MR) is 144 cm³/mol. The van der Waals surface area contributed by atoms with Crippen molar-refractivity contribution in [3.05, 3.63) is 57.3 Å². The minimum absolute atomic E-state index is 0.0488. The van der Waals surface area contributed by atoms with E-state index >= 15 is 0 Å². The highest BCUT2D eigenvalue weighted by Gasteiger charge is 2.34. The van der Waals surface area contributed by atoms with E-state index in [1.165, 1.54) is 11.0 Å². The van der Waals surface area contributed by atoms with E-state index in [-0.39, 0.29) is 23.9 Å². The molecule has 2 aromatic heterocycles. The number of hydrogen-bond donors (Lipinski definition) is 2. The molecular formula is C24H26ClN7O5S2. The number of carbonyl (C=O) groups excluding carboxylic acids is 3. The summed E-state index contributed by atoms with van der Waals surface area (Å²) in [7, 11) is -4.24. The molecule has 2 N–H and O–H groups in total. The summed E-state index contributed by atoms with van der Waals surface area (Å²) in [5, 5.41) is 10.5. The maximum atomic E-state index is 13.6. The summed E-state index contributed by atoms with van der Waals surface area (Å²) >= 11 is 7.01. The number of benzene rings is 1. The van der Waals surface area contributed by atoms with Crippen LogP contribution in [-0.2, 0) is 32.7 Å². The molecule has 1 fully saturated rings. The van der Waals surface area contributed by atoms with Crippen LogP contribution < -0.4 is 14.9 Å². The zero-order valence-electron chi connectivity index (χ0n) is 21.0. The number of sulfonamides is 1.